The topological polar surface area (TPSA) is 43.4 Å². The first-order valence-corrected chi connectivity index (χ1v) is 36.6. The van der Waals surface area contributed by atoms with Crippen LogP contribution in [-0.4, -0.2) is 100 Å². The summed E-state index contributed by atoms with van der Waals surface area (Å²) in [6, 6.07) is 3.76. The van der Waals surface area contributed by atoms with Crippen LogP contribution in [0.25, 0.3) is 0 Å². The van der Waals surface area contributed by atoms with Crippen LogP contribution in [0.5, 0.6) is 0 Å². The zero-order valence-electron chi connectivity index (χ0n) is 34.8. The average molecular weight is 820 g/mol. The molecule has 0 amide bonds. The van der Waals surface area contributed by atoms with Crippen LogP contribution >= 0.6 is 0 Å². The largest absolute Gasteiger partial charge is 0.440 e. The zero-order valence-corrected chi connectivity index (χ0v) is 40.9. The van der Waals surface area contributed by atoms with Crippen molar-refractivity contribution in [2.45, 2.75) is 200 Å². The second-order valence-electron chi connectivity index (χ2n) is 15.7. The van der Waals surface area contributed by atoms with E-state index in [0.717, 1.165) is 32.7 Å². The highest BCUT2D eigenvalue weighted by Crippen LogP contribution is 2.26. The van der Waals surface area contributed by atoms with Gasteiger partial charge in [0.1, 0.15) is 0 Å². The molecule has 0 aromatic heterocycles. The fourth-order valence-electron chi connectivity index (χ4n) is 5.90. The van der Waals surface area contributed by atoms with Gasteiger partial charge in [0.2, 0.25) is 0 Å². The fourth-order valence-corrected chi connectivity index (χ4v) is 32.2. The maximum absolute atomic E-state index is 6.66. The summed E-state index contributed by atoms with van der Waals surface area (Å²) in [7, 11) is -9.46. The third kappa shape index (κ3) is 41.6. The van der Waals surface area contributed by atoms with E-state index in [-0.39, 0.29) is 29.7 Å². The predicted octanol–water partition coefficient (Wildman–Crippen LogP) is 13.4. The molecule has 0 heterocycles. The maximum Gasteiger partial charge on any atom is 0.311 e. The minimum atomic E-state index is -2.01. The summed E-state index contributed by atoms with van der Waals surface area (Å²) in [5.41, 5.74) is 0. The van der Waals surface area contributed by atoms with E-state index in [1.807, 2.05) is 6.08 Å². The van der Waals surface area contributed by atoms with Gasteiger partial charge in [-0.3, -0.25) is 0 Å². The van der Waals surface area contributed by atoms with E-state index in [1.165, 1.54) is 56.8 Å². The molecule has 0 rings (SSSR count). The van der Waals surface area contributed by atoms with Gasteiger partial charge in [-0.1, -0.05) is 103 Å². The van der Waals surface area contributed by atoms with Crippen LogP contribution in [-0.2, 0) is 16.5 Å². The van der Waals surface area contributed by atoms with E-state index in [1.54, 1.807) is 0 Å². The first-order valence-electron chi connectivity index (χ1n) is 18.8. The molecule has 6 nitrogen and oxygen atoms in total. The zero-order chi connectivity index (χ0) is 36.7. The maximum atomic E-state index is 6.66. The number of hydrogen-bond acceptors (Lipinski definition) is 6. The number of likely N-dealkylation sites (N-methyl/N-ethyl adjacent to an activating group) is 1. The van der Waals surface area contributed by atoms with E-state index < -0.39 is 51.1 Å². The first kappa shape index (κ1) is 65.7. The van der Waals surface area contributed by atoms with E-state index in [2.05, 4.69) is 136 Å². The van der Waals surface area contributed by atoms with Crippen molar-refractivity contribution in [1.82, 2.24) is 9.80 Å². The average Bonchev–Trinajstić information content (AvgIpc) is 2.90. The Morgan fingerprint density at radius 1 is 0.520 bits per heavy atom. The van der Waals surface area contributed by atoms with Gasteiger partial charge in [-0.2, -0.15) is 0 Å². The molecule has 0 unspecified atom stereocenters. The Hall–Kier alpha value is 0.801. The van der Waals surface area contributed by atoms with E-state index in [0.29, 0.717) is 0 Å². The lowest BCUT2D eigenvalue weighted by atomic mass is 10.4. The van der Waals surface area contributed by atoms with Gasteiger partial charge < -0.3 is 26.3 Å². The highest BCUT2D eigenvalue weighted by molar-refractivity contribution is 6.88. The summed E-state index contributed by atoms with van der Waals surface area (Å²) in [5.74, 6) is 0. The van der Waals surface area contributed by atoms with Gasteiger partial charge >= 0.3 is 17.1 Å². The normalized spacial score (nSPS) is 12.0. The molecular formula is C38H102N2O4Si6. The minimum absolute atomic E-state index is 0. The molecule has 12 heteroatoms. The number of nitrogens with zero attached hydrogens (tertiary/aromatic N) is 2. The standard InChI is InChI=1S/C17H43NO2Si3.C10H28O2Si3.C7H15N.4CH4/c1-10-13-16-21(4,5)19-23(8,9)20-22(6,7)17-14-15-18(11-2)12-3;1-8-9-10-14(4,5)12-15(6,7)11-13(2)3;1-4-7-8(5-2)6-3;;;;/h10-17H2,1-9H3;13H,8-10H2,1-7H3;4H,1,5-7H2,2-3H3;4*1H4. The Labute approximate surface area is 327 Å². The summed E-state index contributed by atoms with van der Waals surface area (Å²) in [6.45, 7) is 51.2. The summed E-state index contributed by atoms with van der Waals surface area (Å²) in [6.07, 6.45) is 8.29. The summed E-state index contributed by atoms with van der Waals surface area (Å²) in [4.78, 5) is 4.82. The van der Waals surface area contributed by atoms with Crippen LogP contribution in [0.4, 0.5) is 0 Å². The minimum Gasteiger partial charge on any atom is -0.440 e. The van der Waals surface area contributed by atoms with Crippen LogP contribution in [0, 0.1) is 0 Å². The van der Waals surface area contributed by atoms with E-state index in [4.69, 9.17) is 16.5 Å². The Bertz CT molecular complexity index is 734. The van der Waals surface area contributed by atoms with Gasteiger partial charge in [-0.05, 0) is 136 Å². The summed E-state index contributed by atoms with van der Waals surface area (Å²) in [5, 5.41) is 0. The monoisotopic (exact) mass is 819 g/mol. The van der Waals surface area contributed by atoms with Crippen molar-refractivity contribution in [3.05, 3.63) is 12.7 Å². The third-order valence-electron chi connectivity index (χ3n) is 7.78. The Kier molecular flexibility index (Phi) is 45.1. The molecule has 312 valence electrons. The highest BCUT2D eigenvalue weighted by atomic mass is 28.5. The van der Waals surface area contributed by atoms with Gasteiger partial charge in [-0.25, -0.2) is 0 Å². The van der Waals surface area contributed by atoms with Crippen LogP contribution < -0.4 is 0 Å². The molecule has 0 aliphatic carbocycles. The van der Waals surface area contributed by atoms with E-state index >= 15 is 0 Å². The van der Waals surface area contributed by atoms with Gasteiger partial charge in [0.15, 0.2) is 34.0 Å². The molecule has 0 aromatic carbocycles. The Morgan fingerprint density at radius 2 is 0.840 bits per heavy atom. The molecule has 0 saturated heterocycles. The second-order valence-corrected chi connectivity index (χ2v) is 38.8. The van der Waals surface area contributed by atoms with Crippen LogP contribution in [0.15, 0.2) is 12.7 Å². The van der Waals surface area contributed by atoms with E-state index in [9.17, 15) is 0 Å². The van der Waals surface area contributed by atoms with Crippen molar-refractivity contribution in [2.24, 2.45) is 0 Å². The molecule has 0 spiro atoms. The SMILES string of the molecule is C.C.C.C.C=CCN(CC)CC.CCCC[Si](C)(C)O[Si](C)(C)O[SiH](C)C.CCCC[Si](C)(C)O[Si](C)(C)O[Si](C)(C)CCCN(CC)CC. The Balaban J connectivity index is -0.000000119. The molecule has 50 heavy (non-hydrogen) atoms. The lowest BCUT2D eigenvalue weighted by Gasteiger charge is -2.39. The highest BCUT2D eigenvalue weighted by Gasteiger charge is 2.39. The quantitative estimate of drug-likeness (QED) is 0.0714. The lowest BCUT2D eigenvalue weighted by molar-refractivity contribution is 0.302. The van der Waals surface area contributed by atoms with Gasteiger partial charge in [0, 0.05) is 6.54 Å². The van der Waals surface area contributed by atoms with Gasteiger partial charge in [-0.15, -0.1) is 6.58 Å². The molecule has 0 N–H and O–H groups in total. The molecule has 0 saturated carbocycles. The second kappa shape index (κ2) is 34.3. The van der Waals surface area contributed by atoms with Crippen molar-refractivity contribution >= 4 is 51.1 Å². The van der Waals surface area contributed by atoms with Crippen molar-refractivity contribution < 1.29 is 16.5 Å². The predicted molar refractivity (Wildman–Crippen MR) is 252 cm³/mol. The Morgan fingerprint density at radius 3 is 1.10 bits per heavy atom. The van der Waals surface area contributed by atoms with Gasteiger partial charge in [0.25, 0.3) is 0 Å². The molecule has 0 aliphatic rings. The van der Waals surface area contributed by atoms with Crippen molar-refractivity contribution in [1.29, 1.82) is 0 Å². The van der Waals surface area contributed by atoms with Crippen molar-refractivity contribution in [3.8, 4) is 0 Å². The van der Waals surface area contributed by atoms with Crippen molar-refractivity contribution in [2.75, 3.05) is 39.3 Å². The molecule has 0 bridgehead atoms. The molecular weight excluding hydrogens is 717 g/mol. The fraction of sp³-hybridized carbons (Fsp3) is 0.947. The number of hydrogen-bond donors (Lipinski definition) is 0. The number of unbranched alkanes of at least 4 members (excludes halogenated alkanes) is 2. The van der Waals surface area contributed by atoms with Gasteiger partial charge in [0.05, 0.1) is 0 Å². The van der Waals surface area contributed by atoms with Crippen LogP contribution in [0.3, 0.4) is 0 Å². The third-order valence-corrected chi connectivity index (χ3v) is 29.1. The summed E-state index contributed by atoms with van der Waals surface area (Å²) >= 11 is 0. The van der Waals surface area contributed by atoms with Crippen LogP contribution in [0.1, 0.15) is 103 Å². The van der Waals surface area contributed by atoms with Crippen molar-refractivity contribution in [3.63, 3.8) is 0 Å². The first-order chi connectivity index (χ1) is 21.0. The molecule has 0 aliphatic heterocycles. The molecule has 0 aromatic rings. The lowest BCUT2D eigenvalue weighted by Crippen LogP contribution is -2.52. The van der Waals surface area contributed by atoms with Crippen LogP contribution in [0.2, 0.25) is 96.7 Å². The number of rotatable bonds is 24. The summed E-state index contributed by atoms with van der Waals surface area (Å²) < 4.78 is 25.6. The smallest absolute Gasteiger partial charge is 0.311 e. The molecule has 0 radical (unpaired) electrons. The molecule has 0 atom stereocenters. The molecule has 0 fully saturated rings.